The third kappa shape index (κ3) is 9.93. The van der Waals surface area contributed by atoms with Crippen molar-refractivity contribution in [2.75, 3.05) is 33.7 Å². The van der Waals surface area contributed by atoms with Gasteiger partial charge in [-0.05, 0) is 43.9 Å². The summed E-state index contributed by atoms with van der Waals surface area (Å²) in [4.78, 5) is 38.6. The summed E-state index contributed by atoms with van der Waals surface area (Å²) < 4.78 is 21.5. The maximum absolute atomic E-state index is 13.5. The van der Waals surface area contributed by atoms with Gasteiger partial charge in [0.15, 0.2) is 6.79 Å². The molecule has 1 aliphatic heterocycles. The topological polar surface area (TPSA) is 94.6 Å². The van der Waals surface area contributed by atoms with Crippen LogP contribution < -0.4 is 4.74 Å². The van der Waals surface area contributed by atoms with E-state index in [-0.39, 0.29) is 35.9 Å². The summed E-state index contributed by atoms with van der Waals surface area (Å²) >= 11 is 13.2. The highest BCUT2D eigenvalue weighted by atomic mass is 35.5. The van der Waals surface area contributed by atoms with Gasteiger partial charge in [0.1, 0.15) is 17.7 Å². The van der Waals surface area contributed by atoms with E-state index in [1.54, 1.807) is 24.1 Å². The average Bonchev–Trinajstić information content (AvgIpc) is 3.23. The van der Waals surface area contributed by atoms with Crippen LogP contribution in [0.5, 0.6) is 5.75 Å². The number of halogens is 2. The summed E-state index contributed by atoms with van der Waals surface area (Å²) in [6.45, 7) is 13.6. The fourth-order valence-corrected chi connectivity index (χ4v) is 5.45. The molecular formula is C27H42Cl2N2O7Si. The lowest BCUT2D eigenvalue weighted by Gasteiger charge is -2.41. The minimum absolute atomic E-state index is 0.0604. The number of nitrogens with zero attached hydrogens (tertiary/aromatic N) is 2. The van der Waals surface area contributed by atoms with Crippen LogP contribution in [0.1, 0.15) is 45.6 Å². The summed E-state index contributed by atoms with van der Waals surface area (Å²) in [6.07, 6.45) is 0.637. The van der Waals surface area contributed by atoms with Crippen LogP contribution >= 0.6 is 23.2 Å². The van der Waals surface area contributed by atoms with Crippen LogP contribution in [0.25, 0.3) is 0 Å². The van der Waals surface area contributed by atoms with E-state index in [0.29, 0.717) is 37.3 Å². The molecule has 1 aromatic rings. The molecule has 1 saturated heterocycles. The van der Waals surface area contributed by atoms with Crippen LogP contribution in [-0.2, 0) is 35.1 Å². The van der Waals surface area contributed by atoms with Gasteiger partial charge in [-0.3, -0.25) is 14.6 Å². The number of esters is 2. The Morgan fingerprint density at radius 1 is 1.15 bits per heavy atom. The fourth-order valence-electron chi connectivity index (χ4n) is 4.11. The summed E-state index contributed by atoms with van der Waals surface area (Å²) in [5.41, 5.74) is -0.644. The lowest BCUT2D eigenvalue weighted by molar-refractivity contribution is -0.176. The Morgan fingerprint density at radius 2 is 1.79 bits per heavy atom. The Labute approximate surface area is 243 Å². The molecule has 0 bridgehead atoms. The molecule has 0 saturated carbocycles. The smallest absolute Gasteiger partial charge is 0.327 e. The maximum atomic E-state index is 13.5. The Kier molecular flexibility index (Phi) is 12.6. The number of benzene rings is 1. The summed E-state index contributed by atoms with van der Waals surface area (Å²) in [7, 11) is 0.101. The highest BCUT2D eigenvalue weighted by Crippen LogP contribution is 2.36. The van der Waals surface area contributed by atoms with Gasteiger partial charge >= 0.3 is 11.9 Å². The van der Waals surface area contributed by atoms with Gasteiger partial charge < -0.3 is 18.9 Å². The van der Waals surface area contributed by atoms with Crippen molar-refractivity contribution in [1.82, 2.24) is 10.0 Å². The maximum Gasteiger partial charge on any atom is 0.327 e. The average molecular weight is 606 g/mol. The summed E-state index contributed by atoms with van der Waals surface area (Å²) in [5.74, 6) is -1.10. The molecule has 1 fully saturated rings. The fraction of sp³-hybridized carbons (Fsp3) is 0.667. The van der Waals surface area contributed by atoms with Crippen molar-refractivity contribution in [3.05, 3.63) is 27.7 Å². The minimum Gasteiger partial charge on any atom is -0.468 e. The molecule has 12 heteroatoms. The number of methoxy groups -OCH3 is 1. The van der Waals surface area contributed by atoms with Crippen molar-refractivity contribution in [3.8, 4) is 5.75 Å². The lowest BCUT2D eigenvalue weighted by Crippen LogP contribution is -2.58. The van der Waals surface area contributed by atoms with Crippen molar-refractivity contribution in [2.24, 2.45) is 5.92 Å². The first-order valence-corrected chi connectivity index (χ1v) is 17.6. The molecule has 0 aliphatic carbocycles. The first-order valence-electron chi connectivity index (χ1n) is 13.2. The molecule has 1 atom stereocenters. The molecule has 0 radical (unpaired) electrons. The number of hydrogen-bond donors (Lipinski definition) is 0. The normalized spacial score (nSPS) is 17.8. The Bertz CT molecular complexity index is 995. The molecule has 39 heavy (non-hydrogen) atoms. The molecule has 1 amide bonds. The molecule has 2 rings (SSSR count). The van der Waals surface area contributed by atoms with Gasteiger partial charge in [0, 0.05) is 26.8 Å². The standard InChI is InChI=1S/C27H42Cl2N2O7Si/c1-19(2)17-37-25(33)15-24(32)30(31-10-8-9-27(31,3)26(34)35-4)16-21-22(28)13-20(14-23(21)29)38-18-36-11-12-39(5,6)7/h13-14,19H,8-12,15-18H2,1-7H3/t27-/m1/s1. The third-order valence-electron chi connectivity index (χ3n) is 6.41. The summed E-state index contributed by atoms with van der Waals surface area (Å²) in [5, 5.41) is 3.55. The zero-order valence-corrected chi connectivity index (χ0v) is 26.6. The lowest BCUT2D eigenvalue weighted by atomic mass is 10.0. The Hall–Kier alpha value is -1.85. The molecule has 1 aliphatic rings. The van der Waals surface area contributed by atoms with E-state index in [4.69, 9.17) is 42.1 Å². The van der Waals surface area contributed by atoms with Crippen LogP contribution in [0.2, 0.25) is 35.7 Å². The van der Waals surface area contributed by atoms with Gasteiger partial charge in [-0.15, -0.1) is 0 Å². The molecular weight excluding hydrogens is 563 g/mol. The number of rotatable bonds is 14. The molecule has 0 spiro atoms. The quantitative estimate of drug-likeness (QED) is 0.0897. The number of amides is 1. The van der Waals surface area contributed by atoms with Crippen LogP contribution in [0.3, 0.4) is 0 Å². The number of carbonyl (C=O) groups excluding carboxylic acids is 3. The second-order valence-corrected chi connectivity index (χ2v) is 18.0. The van der Waals surface area contributed by atoms with Crippen molar-refractivity contribution in [1.29, 1.82) is 0 Å². The molecule has 1 aromatic carbocycles. The van der Waals surface area contributed by atoms with E-state index in [1.807, 2.05) is 13.8 Å². The van der Waals surface area contributed by atoms with E-state index in [0.717, 1.165) is 6.04 Å². The predicted octanol–water partition coefficient (Wildman–Crippen LogP) is 5.54. The second-order valence-electron chi connectivity index (χ2n) is 11.5. The zero-order valence-electron chi connectivity index (χ0n) is 24.1. The van der Waals surface area contributed by atoms with E-state index in [2.05, 4.69) is 19.6 Å². The SMILES string of the molecule is COC(=O)[C@@]1(C)CCCN1N(Cc1c(Cl)cc(OCOCC[Si](C)(C)C)cc1Cl)C(=O)CC(=O)OCC(C)C. The predicted molar refractivity (Wildman–Crippen MR) is 153 cm³/mol. The van der Waals surface area contributed by atoms with Gasteiger partial charge in [-0.2, -0.15) is 0 Å². The van der Waals surface area contributed by atoms with Crippen LogP contribution in [-0.4, -0.2) is 75.1 Å². The molecule has 0 N–H and O–H groups in total. The van der Waals surface area contributed by atoms with E-state index >= 15 is 0 Å². The Morgan fingerprint density at radius 3 is 2.36 bits per heavy atom. The highest BCUT2D eigenvalue weighted by Gasteiger charge is 2.48. The van der Waals surface area contributed by atoms with Gasteiger partial charge in [-0.25, -0.2) is 9.80 Å². The third-order valence-corrected chi connectivity index (χ3v) is 8.79. The number of carbonyl (C=O) groups is 3. The zero-order chi connectivity index (χ0) is 29.4. The molecule has 0 aromatic heterocycles. The second kappa shape index (κ2) is 14.7. The van der Waals surface area contributed by atoms with E-state index < -0.39 is 37.9 Å². The van der Waals surface area contributed by atoms with Gasteiger partial charge in [0.05, 0.1) is 30.3 Å². The van der Waals surface area contributed by atoms with Gasteiger partial charge in [0.25, 0.3) is 0 Å². The Balaban J connectivity index is 2.25. The van der Waals surface area contributed by atoms with Crippen molar-refractivity contribution >= 4 is 49.1 Å². The van der Waals surface area contributed by atoms with E-state index in [1.165, 1.54) is 12.1 Å². The van der Waals surface area contributed by atoms with E-state index in [9.17, 15) is 14.4 Å². The molecule has 0 unspecified atom stereocenters. The van der Waals surface area contributed by atoms with Crippen LogP contribution in [0.15, 0.2) is 12.1 Å². The van der Waals surface area contributed by atoms with Gasteiger partial charge in [0.2, 0.25) is 5.91 Å². The number of hydrazine groups is 1. The summed E-state index contributed by atoms with van der Waals surface area (Å²) in [6, 6.07) is 4.23. The first-order chi connectivity index (χ1) is 18.2. The number of ether oxygens (including phenoxy) is 4. The van der Waals surface area contributed by atoms with Gasteiger partial charge in [-0.1, -0.05) is 56.7 Å². The number of hydrogen-bond acceptors (Lipinski definition) is 8. The monoisotopic (exact) mass is 604 g/mol. The van der Waals surface area contributed by atoms with Crippen molar-refractivity contribution in [2.45, 2.75) is 77.8 Å². The molecule has 1 heterocycles. The molecule has 9 nitrogen and oxygen atoms in total. The minimum atomic E-state index is -1.21. The largest absolute Gasteiger partial charge is 0.468 e. The van der Waals surface area contributed by atoms with Crippen LogP contribution in [0, 0.1) is 5.92 Å². The van der Waals surface area contributed by atoms with Crippen LogP contribution in [0.4, 0.5) is 0 Å². The van der Waals surface area contributed by atoms with Crippen molar-refractivity contribution < 1.29 is 33.3 Å². The molecule has 220 valence electrons. The van der Waals surface area contributed by atoms with Crippen molar-refractivity contribution in [3.63, 3.8) is 0 Å². The first kappa shape index (κ1) is 33.4. The highest BCUT2D eigenvalue weighted by molar-refractivity contribution is 6.76.